The van der Waals surface area contributed by atoms with Gasteiger partial charge in [0.1, 0.15) is 6.61 Å². The smallest absolute Gasteiger partial charge is 0.307 e. The maximum Gasteiger partial charge on any atom is 0.307 e. The SMILES string of the molecule is CCC(=O)c1cc(COc2cnc(Nc3ccc(CC(=O)O)cc3)nc2)c(F)c(OC)c1. The fourth-order valence-electron chi connectivity index (χ4n) is 2.90. The molecule has 0 fully saturated rings. The number of Topliss-reactive ketones (excluding diaryl/α,β-unsaturated/α-hetero) is 1. The van der Waals surface area contributed by atoms with Crippen molar-refractivity contribution in [1.29, 1.82) is 0 Å². The number of halogens is 1. The summed E-state index contributed by atoms with van der Waals surface area (Å²) >= 11 is 0. The standard InChI is InChI=1S/C23H22FN3O5/c1-3-19(28)15-9-16(22(24)20(10-15)31-2)13-32-18-11-25-23(26-12-18)27-17-6-4-14(5-7-17)8-21(29)30/h4-7,9-12H,3,8,13H2,1-2H3,(H,29,30)(H,25,26,27). The van der Waals surface area contributed by atoms with Gasteiger partial charge in [-0.15, -0.1) is 0 Å². The summed E-state index contributed by atoms with van der Waals surface area (Å²) in [6, 6.07) is 9.69. The van der Waals surface area contributed by atoms with Crippen LogP contribution >= 0.6 is 0 Å². The number of hydrogen-bond acceptors (Lipinski definition) is 7. The zero-order valence-electron chi connectivity index (χ0n) is 17.6. The van der Waals surface area contributed by atoms with Crippen LogP contribution in [0.5, 0.6) is 11.5 Å². The Kier molecular flexibility index (Phi) is 7.33. The molecule has 32 heavy (non-hydrogen) atoms. The lowest BCUT2D eigenvalue weighted by Crippen LogP contribution is -2.06. The Morgan fingerprint density at radius 2 is 1.81 bits per heavy atom. The Balaban J connectivity index is 1.65. The normalized spacial score (nSPS) is 10.5. The van der Waals surface area contributed by atoms with Crippen molar-refractivity contribution >= 4 is 23.4 Å². The van der Waals surface area contributed by atoms with Crippen molar-refractivity contribution in [3.05, 3.63) is 71.3 Å². The summed E-state index contributed by atoms with van der Waals surface area (Å²) in [7, 11) is 1.34. The fourth-order valence-corrected chi connectivity index (χ4v) is 2.90. The van der Waals surface area contributed by atoms with Crippen LogP contribution in [-0.4, -0.2) is 33.9 Å². The van der Waals surface area contributed by atoms with Crippen molar-refractivity contribution in [3.63, 3.8) is 0 Å². The number of methoxy groups -OCH3 is 1. The van der Waals surface area contributed by atoms with Crippen LogP contribution < -0.4 is 14.8 Å². The molecular formula is C23H22FN3O5. The van der Waals surface area contributed by atoms with Crippen LogP contribution in [0.1, 0.15) is 34.8 Å². The number of carbonyl (C=O) groups is 2. The molecule has 2 N–H and O–H groups in total. The topological polar surface area (TPSA) is 111 Å². The number of carboxylic acids is 1. The van der Waals surface area contributed by atoms with E-state index < -0.39 is 11.8 Å². The number of carbonyl (C=O) groups excluding carboxylic acids is 1. The summed E-state index contributed by atoms with van der Waals surface area (Å²) in [5, 5.41) is 11.8. The van der Waals surface area contributed by atoms with Crippen molar-refractivity contribution in [2.75, 3.05) is 12.4 Å². The average Bonchev–Trinajstić information content (AvgIpc) is 2.79. The van der Waals surface area contributed by atoms with Gasteiger partial charge in [-0.3, -0.25) is 9.59 Å². The van der Waals surface area contributed by atoms with E-state index >= 15 is 0 Å². The van der Waals surface area contributed by atoms with Crippen LogP contribution in [0, 0.1) is 5.82 Å². The van der Waals surface area contributed by atoms with Gasteiger partial charge in [0, 0.05) is 23.2 Å². The molecule has 0 aliphatic carbocycles. The van der Waals surface area contributed by atoms with Gasteiger partial charge in [-0.1, -0.05) is 19.1 Å². The molecule has 0 aliphatic heterocycles. The molecule has 0 bridgehead atoms. The first kappa shape index (κ1) is 22.7. The van der Waals surface area contributed by atoms with E-state index in [0.717, 1.165) is 0 Å². The Morgan fingerprint density at radius 1 is 1.12 bits per heavy atom. The van der Waals surface area contributed by atoms with Crippen LogP contribution in [0.3, 0.4) is 0 Å². The van der Waals surface area contributed by atoms with Crippen LogP contribution in [0.2, 0.25) is 0 Å². The maximum atomic E-state index is 14.5. The molecule has 0 radical (unpaired) electrons. The van der Waals surface area contributed by atoms with Gasteiger partial charge in [0.15, 0.2) is 23.1 Å². The number of rotatable bonds is 10. The fraction of sp³-hybridized carbons (Fsp3) is 0.217. The Bertz CT molecular complexity index is 1100. The number of carboxylic acid groups (broad SMARTS) is 1. The predicted molar refractivity (Wildman–Crippen MR) is 115 cm³/mol. The largest absolute Gasteiger partial charge is 0.494 e. The van der Waals surface area contributed by atoms with E-state index in [1.54, 1.807) is 31.2 Å². The van der Waals surface area contributed by atoms with E-state index in [9.17, 15) is 14.0 Å². The summed E-state index contributed by atoms with van der Waals surface area (Å²) in [6.45, 7) is 1.60. The summed E-state index contributed by atoms with van der Waals surface area (Å²) in [5.41, 5.74) is 1.92. The summed E-state index contributed by atoms with van der Waals surface area (Å²) < 4.78 is 25.1. The zero-order chi connectivity index (χ0) is 23.1. The van der Waals surface area contributed by atoms with Gasteiger partial charge in [0.25, 0.3) is 0 Å². The van der Waals surface area contributed by atoms with Gasteiger partial charge >= 0.3 is 5.97 Å². The molecule has 0 unspecified atom stereocenters. The minimum atomic E-state index is -0.897. The second-order valence-electron chi connectivity index (χ2n) is 6.85. The van der Waals surface area contributed by atoms with E-state index in [1.165, 1.54) is 31.6 Å². The quantitative estimate of drug-likeness (QED) is 0.453. The number of hydrogen-bond donors (Lipinski definition) is 2. The Morgan fingerprint density at radius 3 is 2.41 bits per heavy atom. The van der Waals surface area contributed by atoms with Crippen LogP contribution in [0.25, 0.3) is 0 Å². The number of nitrogens with one attached hydrogen (secondary N) is 1. The molecule has 0 saturated carbocycles. The second kappa shape index (κ2) is 10.3. The van der Waals surface area contributed by atoms with E-state index in [-0.39, 0.29) is 30.1 Å². The molecule has 3 rings (SSSR count). The van der Waals surface area contributed by atoms with Crippen LogP contribution in [-0.2, 0) is 17.8 Å². The Labute approximate surface area is 184 Å². The minimum absolute atomic E-state index is 0.0203. The third-order valence-electron chi connectivity index (χ3n) is 4.57. The highest BCUT2D eigenvalue weighted by Crippen LogP contribution is 2.25. The second-order valence-corrected chi connectivity index (χ2v) is 6.85. The summed E-state index contributed by atoms with van der Waals surface area (Å²) in [4.78, 5) is 31.1. The monoisotopic (exact) mass is 439 g/mol. The van der Waals surface area contributed by atoms with Gasteiger partial charge in [-0.05, 0) is 29.8 Å². The lowest BCUT2D eigenvalue weighted by Gasteiger charge is -2.12. The first-order chi connectivity index (χ1) is 15.4. The molecule has 9 heteroatoms. The highest BCUT2D eigenvalue weighted by Gasteiger charge is 2.15. The molecule has 3 aromatic rings. The van der Waals surface area contributed by atoms with Crippen molar-refractivity contribution in [3.8, 4) is 11.5 Å². The van der Waals surface area contributed by atoms with E-state index in [1.807, 2.05) is 0 Å². The van der Waals surface area contributed by atoms with Gasteiger partial charge in [0.05, 0.1) is 25.9 Å². The van der Waals surface area contributed by atoms with Crippen LogP contribution in [0.4, 0.5) is 16.0 Å². The number of anilines is 2. The number of aromatic nitrogens is 2. The molecule has 0 saturated heterocycles. The molecule has 1 heterocycles. The highest BCUT2D eigenvalue weighted by molar-refractivity contribution is 5.96. The first-order valence-corrected chi connectivity index (χ1v) is 9.81. The highest BCUT2D eigenvalue weighted by atomic mass is 19.1. The van der Waals surface area contributed by atoms with Gasteiger partial charge < -0.3 is 19.9 Å². The average molecular weight is 439 g/mol. The molecule has 2 aromatic carbocycles. The van der Waals surface area contributed by atoms with E-state index in [2.05, 4.69) is 15.3 Å². The Hall–Kier alpha value is -4.01. The molecule has 0 spiro atoms. The van der Waals surface area contributed by atoms with Gasteiger partial charge in [-0.2, -0.15) is 0 Å². The summed E-state index contributed by atoms with van der Waals surface area (Å²) in [5.74, 6) is -1.01. The van der Waals surface area contributed by atoms with Crippen molar-refractivity contribution in [2.24, 2.45) is 0 Å². The zero-order valence-corrected chi connectivity index (χ0v) is 17.6. The number of ketones is 1. The third-order valence-corrected chi connectivity index (χ3v) is 4.57. The predicted octanol–water partition coefficient (Wildman–Crippen LogP) is 4.17. The summed E-state index contributed by atoms with van der Waals surface area (Å²) in [6.07, 6.45) is 3.11. The maximum absolute atomic E-state index is 14.5. The van der Waals surface area contributed by atoms with E-state index in [4.69, 9.17) is 14.6 Å². The van der Waals surface area contributed by atoms with Crippen molar-refractivity contribution in [1.82, 2.24) is 9.97 Å². The molecule has 1 aromatic heterocycles. The van der Waals surface area contributed by atoms with Gasteiger partial charge in [-0.25, -0.2) is 14.4 Å². The van der Waals surface area contributed by atoms with Crippen molar-refractivity contribution < 1.29 is 28.6 Å². The van der Waals surface area contributed by atoms with Crippen LogP contribution in [0.15, 0.2) is 48.8 Å². The molecule has 166 valence electrons. The lowest BCUT2D eigenvalue weighted by molar-refractivity contribution is -0.136. The molecule has 8 nitrogen and oxygen atoms in total. The number of aliphatic carboxylic acids is 1. The molecule has 0 atom stereocenters. The first-order valence-electron chi connectivity index (χ1n) is 9.81. The van der Waals surface area contributed by atoms with Crippen molar-refractivity contribution in [2.45, 2.75) is 26.4 Å². The third kappa shape index (κ3) is 5.78. The minimum Gasteiger partial charge on any atom is -0.494 e. The van der Waals surface area contributed by atoms with E-state index in [0.29, 0.717) is 34.9 Å². The molecule has 0 amide bonds. The molecule has 0 aliphatic rings. The molecular weight excluding hydrogens is 417 g/mol. The number of benzene rings is 2. The lowest BCUT2D eigenvalue weighted by atomic mass is 10.0. The van der Waals surface area contributed by atoms with Gasteiger partial charge in [0.2, 0.25) is 5.95 Å². The number of nitrogens with zero attached hydrogens (tertiary/aromatic N) is 2. The number of ether oxygens (including phenoxy) is 2.